The number of rotatable bonds is 2. The van der Waals surface area contributed by atoms with Gasteiger partial charge in [-0.3, -0.25) is 0 Å². The van der Waals surface area contributed by atoms with Crippen molar-refractivity contribution < 1.29 is 4.74 Å². The molecule has 1 aromatic heterocycles. The molecule has 0 aromatic carbocycles. The van der Waals surface area contributed by atoms with Crippen LogP contribution in [0.4, 0.5) is 0 Å². The minimum absolute atomic E-state index is 0.248. The SMILES string of the molecule is CC(C)(C)Oc1ncc(Br)cc1CCl. The smallest absolute Gasteiger partial charge is 0.218 e. The molecule has 1 rings (SSSR count). The van der Waals surface area contributed by atoms with Crippen LogP contribution in [0.1, 0.15) is 26.3 Å². The first-order chi connectivity index (χ1) is 6.42. The van der Waals surface area contributed by atoms with Gasteiger partial charge in [0.15, 0.2) is 0 Å². The number of nitrogens with zero attached hydrogens (tertiary/aromatic N) is 1. The van der Waals surface area contributed by atoms with Crippen molar-refractivity contribution in [3.8, 4) is 5.88 Å². The molecule has 1 heterocycles. The molecular formula is C10H13BrClNO. The maximum Gasteiger partial charge on any atom is 0.218 e. The third-order valence-electron chi connectivity index (χ3n) is 1.44. The van der Waals surface area contributed by atoms with Gasteiger partial charge in [0.2, 0.25) is 5.88 Å². The summed E-state index contributed by atoms with van der Waals surface area (Å²) in [5.74, 6) is 1.01. The zero-order chi connectivity index (χ0) is 10.8. The first-order valence-corrected chi connectivity index (χ1v) is 5.64. The highest BCUT2D eigenvalue weighted by molar-refractivity contribution is 9.10. The molecule has 0 unspecified atom stereocenters. The normalized spacial score (nSPS) is 11.5. The summed E-state index contributed by atoms with van der Waals surface area (Å²) < 4.78 is 6.57. The quantitative estimate of drug-likeness (QED) is 0.769. The summed E-state index contributed by atoms with van der Waals surface area (Å²) in [7, 11) is 0. The fourth-order valence-corrected chi connectivity index (χ4v) is 1.52. The van der Waals surface area contributed by atoms with Gasteiger partial charge in [-0.25, -0.2) is 4.98 Å². The second-order valence-corrected chi connectivity index (χ2v) is 5.15. The lowest BCUT2D eigenvalue weighted by Crippen LogP contribution is -2.24. The van der Waals surface area contributed by atoms with Gasteiger partial charge in [-0.2, -0.15) is 0 Å². The zero-order valence-electron chi connectivity index (χ0n) is 8.47. The summed E-state index contributed by atoms with van der Waals surface area (Å²) in [5.41, 5.74) is 0.651. The molecule has 0 spiro atoms. The predicted octanol–water partition coefficient (Wildman–Crippen LogP) is 3.76. The van der Waals surface area contributed by atoms with Crippen molar-refractivity contribution in [3.63, 3.8) is 0 Å². The molecular weight excluding hydrogens is 265 g/mol. The van der Waals surface area contributed by atoms with Crippen molar-refractivity contribution in [3.05, 3.63) is 22.3 Å². The molecule has 1 aromatic rings. The zero-order valence-corrected chi connectivity index (χ0v) is 10.8. The van der Waals surface area contributed by atoms with E-state index in [4.69, 9.17) is 16.3 Å². The minimum atomic E-state index is -0.248. The Morgan fingerprint density at radius 1 is 1.50 bits per heavy atom. The van der Waals surface area contributed by atoms with Crippen LogP contribution in [-0.4, -0.2) is 10.6 Å². The Labute approximate surface area is 97.8 Å². The molecule has 0 atom stereocenters. The maximum atomic E-state index is 5.79. The Balaban J connectivity index is 2.97. The van der Waals surface area contributed by atoms with Crippen LogP contribution in [0.3, 0.4) is 0 Å². The van der Waals surface area contributed by atoms with Crippen molar-refractivity contribution in [2.24, 2.45) is 0 Å². The molecule has 2 nitrogen and oxygen atoms in total. The average molecular weight is 279 g/mol. The van der Waals surface area contributed by atoms with Gasteiger partial charge in [-0.15, -0.1) is 11.6 Å². The second kappa shape index (κ2) is 4.49. The Morgan fingerprint density at radius 2 is 2.14 bits per heavy atom. The maximum absolute atomic E-state index is 5.79. The van der Waals surface area contributed by atoms with E-state index in [2.05, 4.69) is 20.9 Å². The van der Waals surface area contributed by atoms with Crippen molar-refractivity contribution >= 4 is 27.5 Å². The van der Waals surface area contributed by atoms with Crippen LogP contribution in [0.5, 0.6) is 5.88 Å². The van der Waals surface area contributed by atoms with Crippen LogP contribution in [0.15, 0.2) is 16.7 Å². The van der Waals surface area contributed by atoms with E-state index in [0.717, 1.165) is 10.0 Å². The number of hydrogen-bond donors (Lipinski definition) is 0. The molecule has 0 aliphatic rings. The van der Waals surface area contributed by atoms with E-state index in [1.807, 2.05) is 26.8 Å². The van der Waals surface area contributed by atoms with Gasteiger partial charge >= 0.3 is 0 Å². The molecule has 0 bridgehead atoms. The topological polar surface area (TPSA) is 22.1 Å². The van der Waals surface area contributed by atoms with Crippen LogP contribution in [0, 0.1) is 0 Å². The van der Waals surface area contributed by atoms with Gasteiger partial charge in [0.05, 0.1) is 5.88 Å². The van der Waals surface area contributed by atoms with Crippen molar-refractivity contribution in [2.45, 2.75) is 32.3 Å². The number of ether oxygens (including phenoxy) is 1. The summed E-state index contributed by atoms with van der Waals surface area (Å²) in [6, 6.07) is 1.92. The molecule has 0 radical (unpaired) electrons. The summed E-state index contributed by atoms with van der Waals surface area (Å²) in [5, 5.41) is 0. The Bertz CT molecular complexity index is 322. The van der Waals surface area contributed by atoms with E-state index in [1.165, 1.54) is 0 Å². The lowest BCUT2D eigenvalue weighted by Gasteiger charge is -2.21. The molecule has 0 amide bonds. The lowest BCUT2D eigenvalue weighted by molar-refractivity contribution is 0.123. The van der Waals surface area contributed by atoms with Crippen LogP contribution >= 0.6 is 27.5 Å². The molecule has 0 saturated heterocycles. The first kappa shape index (κ1) is 11.8. The summed E-state index contributed by atoms with van der Waals surface area (Å²) in [4.78, 5) is 4.18. The molecule has 0 N–H and O–H groups in total. The molecule has 0 aliphatic carbocycles. The Morgan fingerprint density at radius 3 is 2.64 bits per heavy atom. The Kier molecular flexibility index (Phi) is 3.78. The molecule has 14 heavy (non-hydrogen) atoms. The third-order valence-corrected chi connectivity index (χ3v) is 2.16. The van der Waals surface area contributed by atoms with Gasteiger partial charge in [-0.1, -0.05) is 0 Å². The highest BCUT2D eigenvalue weighted by atomic mass is 79.9. The van der Waals surface area contributed by atoms with E-state index < -0.39 is 0 Å². The summed E-state index contributed by atoms with van der Waals surface area (Å²) >= 11 is 9.13. The van der Waals surface area contributed by atoms with Crippen molar-refractivity contribution in [1.82, 2.24) is 4.98 Å². The van der Waals surface area contributed by atoms with Crippen LogP contribution in [0.2, 0.25) is 0 Å². The number of pyridine rings is 1. The number of alkyl halides is 1. The van der Waals surface area contributed by atoms with Gasteiger partial charge in [0.25, 0.3) is 0 Å². The van der Waals surface area contributed by atoms with Crippen LogP contribution < -0.4 is 4.74 Å². The molecule has 0 aliphatic heterocycles. The van der Waals surface area contributed by atoms with Crippen LogP contribution in [-0.2, 0) is 5.88 Å². The third kappa shape index (κ3) is 3.46. The second-order valence-electron chi connectivity index (χ2n) is 3.97. The largest absolute Gasteiger partial charge is 0.472 e. The fraction of sp³-hybridized carbons (Fsp3) is 0.500. The van der Waals surface area contributed by atoms with E-state index in [1.54, 1.807) is 6.20 Å². The van der Waals surface area contributed by atoms with Crippen molar-refractivity contribution in [2.75, 3.05) is 0 Å². The average Bonchev–Trinajstić information content (AvgIpc) is 2.06. The molecule has 78 valence electrons. The molecule has 0 saturated carbocycles. The predicted molar refractivity (Wildman–Crippen MR) is 61.9 cm³/mol. The highest BCUT2D eigenvalue weighted by Crippen LogP contribution is 2.24. The fourth-order valence-electron chi connectivity index (χ4n) is 0.946. The van der Waals surface area contributed by atoms with E-state index >= 15 is 0 Å². The summed E-state index contributed by atoms with van der Waals surface area (Å²) in [6.07, 6.45) is 1.71. The lowest BCUT2D eigenvalue weighted by atomic mass is 10.2. The van der Waals surface area contributed by atoms with Gasteiger partial charge in [-0.05, 0) is 42.8 Å². The van der Waals surface area contributed by atoms with Crippen LogP contribution in [0.25, 0.3) is 0 Å². The van der Waals surface area contributed by atoms with E-state index in [9.17, 15) is 0 Å². The summed E-state index contributed by atoms with van der Waals surface area (Å²) in [6.45, 7) is 5.94. The minimum Gasteiger partial charge on any atom is -0.472 e. The standard InChI is InChI=1S/C10H13BrClNO/c1-10(2,3)14-9-7(5-12)4-8(11)6-13-9/h4,6H,5H2,1-3H3. The highest BCUT2D eigenvalue weighted by Gasteiger charge is 2.15. The van der Waals surface area contributed by atoms with Gasteiger partial charge in [0.1, 0.15) is 5.60 Å². The van der Waals surface area contributed by atoms with E-state index in [0.29, 0.717) is 11.8 Å². The number of aromatic nitrogens is 1. The number of hydrogen-bond acceptors (Lipinski definition) is 2. The van der Waals surface area contributed by atoms with Gasteiger partial charge < -0.3 is 4.74 Å². The number of halogens is 2. The molecule has 0 fully saturated rings. The van der Waals surface area contributed by atoms with E-state index in [-0.39, 0.29) is 5.60 Å². The van der Waals surface area contributed by atoms with Crippen molar-refractivity contribution in [1.29, 1.82) is 0 Å². The first-order valence-electron chi connectivity index (χ1n) is 4.32. The molecule has 4 heteroatoms. The Hall–Kier alpha value is -0.280. The van der Waals surface area contributed by atoms with Gasteiger partial charge in [0, 0.05) is 16.2 Å². The monoisotopic (exact) mass is 277 g/mol.